The average Bonchev–Trinajstić information content (AvgIpc) is 3.59. The third-order valence-corrected chi connectivity index (χ3v) is 8.99. The first-order valence-corrected chi connectivity index (χ1v) is 14.0. The van der Waals surface area contributed by atoms with Crippen molar-refractivity contribution in [2.45, 2.75) is 63.8 Å². The summed E-state index contributed by atoms with van der Waals surface area (Å²) in [6.45, 7) is 4.47. The van der Waals surface area contributed by atoms with Crippen LogP contribution in [0.3, 0.4) is 0 Å². The van der Waals surface area contributed by atoms with Crippen LogP contribution in [0.1, 0.15) is 56.2 Å². The van der Waals surface area contributed by atoms with Crippen LogP contribution in [-0.4, -0.2) is 33.3 Å². The van der Waals surface area contributed by atoms with Gasteiger partial charge in [-0.25, -0.2) is 13.2 Å². The number of sulfonamides is 1. The SMILES string of the molecule is CCC[C@@H](CC(=O)NS(=O)(=O)C1CC1)n1c(=O)n(Cc2cn(C)c3cccc(C)c23)c2ccccc21. The molecule has 2 heterocycles. The lowest BCUT2D eigenvalue weighted by molar-refractivity contribution is -0.120. The molecule has 1 atom stereocenters. The van der Waals surface area contributed by atoms with Crippen LogP contribution in [0.4, 0.5) is 0 Å². The molecular weight excluding hydrogens is 476 g/mol. The van der Waals surface area contributed by atoms with Gasteiger partial charge in [-0.15, -0.1) is 0 Å². The zero-order valence-corrected chi connectivity index (χ0v) is 21.7. The number of carbonyl (C=O) groups is 1. The Balaban J connectivity index is 1.55. The number of aromatic nitrogens is 3. The van der Waals surface area contributed by atoms with Crippen molar-refractivity contribution in [3.8, 4) is 0 Å². The molecule has 9 heteroatoms. The molecule has 0 unspecified atom stereocenters. The second-order valence-electron chi connectivity index (χ2n) is 9.88. The van der Waals surface area contributed by atoms with E-state index in [1.165, 1.54) is 0 Å². The predicted octanol–water partition coefficient (Wildman–Crippen LogP) is 3.99. The average molecular weight is 509 g/mol. The van der Waals surface area contributed by atoms with Crippen LogP contribution < -0.4 is 10.4 Å². The van der Waals surface area contributed by atoms with Gasteiger partial charge in [-0.3, -0.25) is 18.7 Å². The quantitative estimate of drug-likeness (QED) is 0.370. The Morgan fingerprint density at radius 3 is 2.47 bits per heavy atom. The fourth-order valence-electron chi connectivity index (χ4n) is 5.29. The molecule has 1 N–H and O–H groups in total. The molecule has 1 amide bonds. The number of amides is 1. The van der Waals surface area contributed by atoms with Crippen LogP contribution >= 0.6 is 0 Å². The lowest BCUT2D eigenvalue weighted by Gasteiger charge is -2.18. The summed E-state index contributed by atoms with van der Waals surface area (Å²) in [5, 5.41) is 0.665. The van der Waals surface area contributed by atoms with E-state index >= 15 is 0 Å². The number of rotatable bonds is 9. The minimum absolute atomic E-state index is 0.0684. The molecule has 0 saturated heterocycles. The number of benzene rings is 2. The normalized spacial score (nSPS) is 15.0. The van der Waals surface area contributed by atoms with E-state index in [0.717, 1.165) is 39.5 Å². The highest BCUT2D eigenvalue weighted by atomic mass is 32.2. The molecular formula is C27H32N4O4S. The summed E-state index contributed by atoms with van der Waals surface area (Å²) in [5.41, 5.74) is 4.65. The van der Waals surface area contributed by atoms with E-state index in [1.54, 1.807) is 9.13 Å². The molecule has 0 aliphatic heterocycles. The third-order valence-electron chi connectivity index (χ3n) is 7.13. The summed E-state index contributed by atoms with van der Waals surface area (Å²) in [6.07, 6.45) is 4.50. The molecule has 8 nitrogen and oxygen atoms in total. The van der Waals surface area contributed by atoms with Gasteiger partial charge in [0.15, 0.2) is 0 Å². The maximum atomic E-state index is 13.9. The molecule has 36 heavy (non-hydrogen) atoms. The van der Waals surface area contributed by atoms with Gasteiger partial charge in [-0.2, -0.15) is 0 Å². The van der Waals surface area contributed by atoms with Crippen LogP contribution in [0.2, 0.25) is 0 Å². The number of hydrogen-bond donors (Lipinski definition) is 1. The second kappa shape index (κ2) is 9.28. The molecule has 190 valence electrons. The van der Waals surface area contributed by atoms with Gasteiger partial charge in [0.1, 0.15) is 0 Å². The van der Waals surface area contributed by atoms with Crippen molar-refractivity contribution < 1.29 is 13.2 Å². The number of fused-ring (bicyclic) bond motifs is 2. The van der Waals surface area contributed by atoms with Crippen molar-refractivity contribution in [2.24, 2.45) is 7.05 Å². The van der Waals surface area contributed by atoms with E-state index in [1.807, 2.05) is 44.3 Å². The Hall–Kier alpha value is -3.33. The standard InChI is InChI=1S/C27H32N4O4S/c1-4-8-20(15-25(32)28-36(34,35)21-13-14-21)31-23-11-6-5-10-22(23)30(27(31)33)17-19-16-29(3)24-12-7-9-18(2)26(19)24/h5-7,9-12,16,20-21H,4,8,13-15,17H2,1-3H3,(H,28,32)/t20-/m0/s1. The first-order valence-electron chi connectivity index (χ1n) is 12.5. The Labute approximate surface area is 210 Å². The highest BCUT2D eigenvalue weighted by Gasteiger charge is 2.37. The van der Waals surface area contributed by atoms with Crippen molar-refractivity contribution in [3.05, 3.63) is 70.3 Å². The van der Waals surface area contributed by atoms with Gasteiger partial charge in [0.05, 0.1) is 22.8 Å². The number of nitrogens with one attached hydrogen (secondary N) is 1. The lowest BCUT2D eigenvalue weighted by atomic mass is 10.1. The van der Waals surface area contributed by atoms with Crippen LogP contribution in [0.15, 0.2) is 53.5 Å². The van der Waals surface area contributed by atoms with Crippen molar-refractivity contribution in [2.75, 3.05) is 0 Å². The maximum absolute atomic E-state index is 13.9. The molecule has 1 aliphatic rings. The van der Waals surface area contributed by atoms with Crippen LogP contribution in [0.25, 0.3) is 21.9 Å². The number of imidazole rings is 1. The van der Waals surface area contributed by atoms with E-state index in [0.29, 0.717) is 25.8 Å². The molecule has 1 fully saturated rings. The number of nitrogens with zero attached hydrogens (tertiary/aromatic N) is 3. The second-order valence-corrected chi connectivity index (χ2v) is 11.8. The molecule has 2 aromatic carbocycles. The molecule has 0 radical (unpaired) electrons. The van der Waals surface area contributed by atoms with Crippen molar-refractivity contribution in [1.29, 1.82) is 0 Å². The smallest absolute Gasteiger partial charge is 0.329 e. The summed E-state index contributed by atoms with van der Waals surface area (Å²) in [5.74, 6) is -0.561. The highest BCUT2D eigenvalue weighted by Crippen LogP contribution is 2.29. The Morgan fingerprint density at radius 2 is 1.78 bits per heavy atom. The first-order chi connectivity index (χ1) is 17.2. The third kappa shape index (κ3) is 4.36. The fourth-order valence-corrected chi connectivity index (χ4v) is 6.62. The minimum atomic E-state index is -3.63. The molecule has 5 rings (SSSR count). The van der Waals surface area contributed by atoms with Crippen molar-refractivity contribution in [3.63, 3.8) is 0 Å². The van der Waals surface area contributed by atoms with Gasteiger partial charge >= 0.3 is 5.69 Å². The summed E-state index contributed by atoms with van der Waals surface area (Å²) in [4.78, 5) is 26.7. The predicted molar refractivity (Wildman–Crippen MR) is 142 cm³/mol. The fraction of sp³-hybridized carbons (Fsp3) is 0.407. The lowest BCUT2D eigenvalue weighted by Crippen LogP contribution is -2.36. The minimum Gasteiger partial charge on any atom is -0.350 e. The van der Waals surface area contributed by atoms with Gasteiger partial charge in [-0.1, -0.05) is 37.6 Å². The number of carbonyl (C=O) groups excluding carboxylic acids is 1. The molecule has 4 aromatic rings. The zero-order chi connectivity index (χ0) is 25.6. The van der Waals surface area contributed by atoms with Gasteiger partial charge in [0.25, 0.3) is 0 Å². The van der Waals surface area contributed by atoms with Crippen LogP contribution in [-0.2, 0) is 28.4 Å². The first kappa shape index (κ1) is 24.4. The monoisotopic (exact) mass is 508 g/mol. The topological polar surface area (TPSA) is 95.1 Å². The van der Waals surface area contributed by atoms with E-state index in [9.17, 15) is 18.0 Å². The van der Waals surface area contributed by atoms with E-state index in [-0.39, 0.29) is 12.1 Å². The summed E-state index contributed by atoms with van der Waals surface area (Å²) in [6, 6.07) is 13.3. The van der Waals surface area contributed by atoms with Gasteiger partial charge in [0.2, 0.25) is 15.9 Å². The Morgan fingerprint density at radius 1 is 1.08 bits per heavy atom. The highest BCUT2D eigenvalue weighted by molar-refractivity contribution is 7.90. The zero-order valence-electron chi connectivity index (χ0n) is 20.9. The van der Waals surface area contributed by atoms with Crippen LogP contribution in [0, 0.1) is 6.92 Å². The number of para-hydroxylation sites is 2. The van der Waals surface area contributed by atoms with Crippen molar-refractivity contribution >= 4 is 37.9 Å². The van der Waals surface area contributed by atoms with Crippen molar-refractivity contribution in [1.82, 2.24) is 18.4 Å². The van der Waals surface area contributed by atoms with Gasteiger partial charge in [-0.05, 0) is 55.5 Å². The van der Waals surface area contributed by atoms with Gasteiger partial charge < -0.3 is 4.57 Å². The summed E-state index contributed by atoms with van der Waals surface area (Å²) < 4.78 is 32.3. The number of hydrogen-bond acceptors (Lipinski definition) is 4. The molecule has 1 aliphatic carbocycles. The van der Waals surface area contributed by atoms with E-state index < -0.39 is 27.2 Å². The molecule has 0 spiro atoms. The number of aryl methyl sites for hydroxylation is 2. The Kier molecular flexibility index (Phi) is 6.28. The van der Waals surface area contributed by atoms with Gasteiger partial charge in [0, 0.05) is 36.6 Å². The Bertz CT molecular complexity index is 1620. The molecule has 2 aromatic heterocycles. The summed E-state index contributed by atoms with van der Waals surface area (Å²) in [7, 11) is -1.63. The summed E-state index contributed by atoms with van der Waals surface area (Å²) >= 11 is 0. The van der Waals surface area contributed by atoms with E-state index in [4.69, 9.17) is 0 Å². The largest absolute Gasteiger partial charge is 0.350 e. The maximum Gasteiger partial charge on any atom is 0.329 e. The molecule has 1 saturated carbocycles. The van der Waals surface area contributed by atoms with E-state index in [2.05, 4.69) is 34.5 Å². The van der Waals surface area contributed by atoms with Crippen LogP contribution in [0.5, 0.6) is 0 Å². The molecule has 0 bridgehead atoms.